The van der Waals surface area contributed by atoms with Gasteiger partial charge in [-0.3, -0.25) is 0 Å². The molecule has 1 rings (SSSR count). The van der Waals surface area contributed by atoms with Gasteiger partial charge < -0.3 is 19.3 Å². The molecule has 1 heterocycles. The largest absolute Gasteiger partial charge is 0.453 e. The zero-order chi connectivity index (χ0) is 13.9. The van der Waals surface area contributed by atoms with Crippen molar-refractivity contribution >= 4 is 12.2 Å². The van der Waals surface area contributed by atoms with Gasteiger partial charge >= 0.3 is 12.2 Å². The SMILES string of the molecule is COC(=O)N1CCN(C(=O)OC(C)(C)C)C[C@@H]1C. The molecule has 0 bridgehead atoms. The second kappa shape index (κ2) is 5.46. The van der Waals surface area contributed by atoms with Crippen LogP contribution in [-0.2, 0) is 9.47 Å². The van der Waals surface area contributed by atoms with Crippen LogP contribution in [0.5, 0.6) is 0 Å². The Morgan fingerprint density at radius 3 is 2.22 bits per heavy atom. The summed E-state index contributed by atoms with van der Waals surface area (Å²) < 4.78 is 9.99. The minimum Gasteiger partial charge on any atom is -0.453 e. The molecule has 0 aliphatic carbocycles. The summed E-state index contributed by atoms with van der Waals surface area (Å²) in [5.41, 5.74) is -0.500. The summed E-state index contributed by atoms with van der Waals surface area (Å²) in [5.74, 6) is 0. The topological polar surface area (TPSA) is 59.1 Å². The van der Waals surface area contributed by atoms with Gasteiger partial charge in [-0.05, 0) is 27.7 Å². The fourth-order valence-electron chi connectivity index (χ4n) is 1.84. The molecule has 0 aromatic carbocycles. The quantitative estimate of drug-likeness (QED) is 0.663. The molecule has 0 unspecified atom stereocenters. The number of hydrogen-bond donors (Lipinski definition) is 0. The molecule has 2 amide bonds. The highest BCUT2D eigenvalue weighted by atomic mass is 16.6. The Balaban J connectivity index is 2.55. The van der Waals surface area contributed by atoms with Gasteiger partial charge in [-0.1, -0.05) is 0 Å². The summed E-state index contributed by atoms with van der Waals surface area (Å²) >= 11 is 0. The van der Waals surface area contributed by atoms with E-state index in [-0.39, 0.29) is 18.2 Å². The minimum atomic E-state index is -0.500. The van der Waals surface area contributed by atoms with E-state index in [9.17, 15) is 9.59 Å². The highest BCUT2D eigenvalue weighted by Crippen LogP contribution is 2.15. The monoisotopic (exact) mass is 258 g/mol. The van der Waals surface area contributed by atoms with Crippen molar-refractivity contribution in [2.24, 2.45) is 0 Å². The smallest absolute Gasteiger partial charge is 0.410 e. The molecule has 1 fully saturated rings. The lowest BCUT2D eigenvalue weighted by molar-refractivity contribution is 0.00579. The van der Waals surface area contributed by atoms with E-state index < -0.39 is 5.60 Å². The number of piperazine rings is 1. The van der Waals surface area contributed by atoms with Crippen molar-refractivity contribution in [1.29, 1.82) is 0 Å². The molecular weight excluding hydrogens is 236 g/mol. The summed E-state index contributed by atoms with van der Waals surface area (Å²) in [4.78, 5) is 26.6. The molecule has 0 aromatic rings. The van der Waals surface area contributed by atoms with Crippen LogP contribution in [0.25, 0.3) is 0 Å². The highest BCUT2D eigenvalue weighted by Gasteiger charge is 2.32. The second-order valence-electron chi connectivity index (χ2n) is 5.44. The summed E-state index contributed by atoms with van der Waals surface area (Å²) in [7, 11) is 1.36. The van der Waals surface area contributed by atoms with Crippen LogP contribution in [0.4, 0.5) is 9.59 Å². The van der Waals surface area contributed by atoms with E-state index in [1.165, 1.54) is 7.11 Å². The predicted octanol–water partition coefficient (Wildman–Crippen LogP) is 1.69. The molecular formula is C12H22N2O4. The van der Waals surface area contributed by atoms with Gasteiger partial charge in [0.15, 0.2) is 0 Å². The van der Waals surface area contributed by atoms with Crippen LogP contribution in [0.3, 0.4) is 0 Å². The Morgan fingerprint density at radius 1 is 1.17 bits per heavy atom. The Labute approximate surface area is 108 Å². The zero-order valence-corrected chi connectivity index (χ0v) is 11.7. The van der Waals surface area contributed by atoms with Crippen molar-refractivity contribution in [2.75, 3.05) is 26.7 Å². The number of methoxy groups -OCH3 is 1. The van der Waals surface area contributed by atoms with E-state index in [1.54, 1.807) is 9.80 Å². The lowest BCUT2D eigenvalue weighted by atomic mass is 10.2. The van der Waals surface area contributed by atoms with Gasteiger partial charge in [-0.2, -0.15) is 0 Å². The van der Waals surface area contributed by atoms with Crippen molar-refractivity contribution in [2.45, 2.75) is 39.3 Å². The summed E-state index contributed by atoms with van der Waals surface area (Å²) in [5, 5.41) is 0. The Bertz CT molecular complexity index is 325. The molecule has 1 atom stereocenters. The van der Waals surface area contributed by atoms with Crippen molar-refractivity contribution in [1.82, 2.24) is 9.80 Å². The van der Waals surface area contributed by atoms with Gasteiger partial charge in [0.1, 0.15) is 5.60 Å². The average molecular weight is 258 g/mol. The number of hydrogen-bond acceptors (Lipinski definition) is 4. The molecule has 0 spiro atoms. The number of carbonyl (C=O) groups excluding carboxylic acids is 2. The maximum atomic E-state index is 11.9. The van der Waals surface area contributed by atoms with Gasteiger partial charge in [0, 0.05) is 19.6 Å². The number of ether oxygens (including phenoxy) is 2. The molecule has 6 nitrogen and oxygen atoms in total. The van der Waals surface area contributed by atoms with Gasteiger partial charge in [0.2, 0.25) is 0 Å². The van der Waals surface area contributed by atoms with Crippen molar-refractivity contribution < 1.29 is 19.1 Å². The first kappa shape index (κ1) is 14.6. The van der Waals surface area contributed by atoms with Crippen molar-refractivity contribution in [3.8, 4) is 0 Å². The molecule has 6 heteroatoms. The lowest BCUT2D eigenvalue weighted by Crippen LogP contribution is -2.56. The standard InChI is InChI=1S/C12H22N2O4/c1-9-8-13(10(15)18-12(2,3)4)6-7-14(9)11(16)17-5/h9H,6-8H2,1-5H3/t9-/m0/s1. The second-order valence-corrected chi connectivity index (χ2v) is 5.44. The number of carbonyl (C=O) groups is 2. The fourth-order valence-corrected chi connectivity index (χ4v) is 1.84. The molecule has 18 heavy (non-hydrogen) atoms. The van der Waals surface area contributed by atoms with Gasteiger partial charge in [-0.25, -0.2) is 9.59 Å². The maximum Gasteiger partial charge on any atom is 0.410 e. The van der Waals surface area contributed by atoms with Gasteiger partial charge in [0.25, 0.3) is 0 Å². The molecule has 0 aromatic heterocycles. The van der Waals surface area contributed by atoms with E-state index >= 15 is 0 Å². The third-order valence-corrected chi connectivity index (χ3v) is 2.69. The van der Waals surface area contributed by atoms with Crippen LogP contribution in [0.15, 0.2) is 0 Å². The Kier molecular flexibility index (Phi) is 4.43. The first-order chi connectivity index (χ1) is 8.24. The third-order valence-electron chi connectivity index (χ3n) is 2.69. The van der Waals surface area contributed by atoms with Crippen molar-refractivity contribution in [3.05, 3.63) is 0 Å². The van der Waals surface area contributed by atoms with Crippen LogP contribution >= 0.6 is 0 Å². The first-order valence-corrected chi connectivity index (χ1v) is 6.07. The number of nitrogens with zero attached hydrogens (tertiary/aromatic N) is 2. The van der Waals surface area contributed by atoms with E-state index in [0.717, 1.165) is 0 Å². The number of amides is 2. The van der Waals surface area contributed by atoms with Crippen LogP contribution < -0.4 is 0 Å². The van der Waals surface area contributed by atoms with E-state index in [0.29, 0.717) is 19.6 Å². The van der Waals surface area contributed by atoms with E-state index in [1.807, 2.05) is 27.7 Å². The Hall–Kier alpha value is -1.46. The summed E-state index contributed by atoms with van der Waals surface area (Å²) in [6, 6.07) is -0.0706. The Morgan fingerprint density at radius 2 is 1.78 bits per heavy atom. The van der Waals surface area contributed by atoms with Crippen LogP contribution in [0, 0.1) is 0 Å². The molecule has 1 saturated heterocycles. The number of rotatable bonds is 0. The molecule has 1 aliphatic rings. The molecule has 0 saturated carbocycles. The average Bonchev–Trinajstić information content (AvgIpc) is 2.25. The first-order valence-electron chi connectivity index (χ1n) is 6.07. The maximum absolute atomic E-state index is 11.9. The van der Waals surface area contributed by atoms with E-state index in [4.69, 9.17) is 4.74 Å². The van der Waals surface area contributed by atoms with Gasteiger partial charge in [-0.15, -0.1) is 0 Å². The van der Waals surface area contributed by atoms with Crippen LogP contribution in [0.2, 0.25) is 0 Å². The van der Waals surface area contributed by atoms with Gasteiger partial charge in [0.05, 0.1) is 13.2 Å². The zero-order valence-electron chi connectivity index (χ0n) is 11.7. The normalized spacial score (nSPS) is 20.6. The summed E-state index contributed by atoms with van der Waals surface area (Å²) in [6.45, 7) is 8.77. The van der Waals surface area contributed by atoms with Crippen LogP contribution in [0.1, 0.15) is 27.7 Å². The summed E-state index contributed by atoms with van der Waals surface area (Å²) in [6.07, 6.45) is -0.690. The molecule has 1 aliphatic heterocycles. The third kappa shape index (κ3) is 3.78. The van der Waals surface area contributed by atoms with Crippen LogP contribution in [-0.4, -0.2) is 60.4 Å². The molecule has 0 radical (unpaired) electrons. The fraction of sp³-hybridized carbons (Fsp3) is 0.833. The lowest BCUT2D eigenvalue weighted by Gasteiger charge is -2.39. The predicted molar refractivity (Wildman–Crippen MR) is 66.4 cm³/mol. The highest BCUT2D eigenvalue weighted by molar-refractivity contribution is 5.70. The van der Waals surface area contributed by atoms with Crippen molar-refractivity contribution in [3.63, 3.8) is 0 Å². The van der Waals surface area contributed by atoms with E-state index in [2.05, 4.69) is 4.74 Å². The molecule has 104 valence electrons. The minimum absolute atomic E-state index is 0.0706. The molecule has 0 N–H and O–H groups in total.